The molecule has 0 bridgehead atoms. The summed E-state index contributed by atoms with van der Waals surface area (Å²) in [6, 6.07) is 2.16. The van der Waals surface area contributed by atoms with Crippen LogP contribution in [0.5, 0.6) is 0 Å². The first kappa shape index (κ1) is 11.4. The molecule has 0 aromatic carbocycles. The summed E-state index contributed by atoms with van der Waals surface area (Å²) in [5.41, 5.74) is 3.88. The van der Waals surface area contributed by atoms with E-state index in [9.17, 15) is 0 Å². The maximum Gasteiger partial charge on any atom is 0.0537 e. The van der Waals surface area contributed by atoms with Crippen LogP contribution in [-0.4, -0.2) is 9.78 Å². The monoisotopic (exact) mass is 235 g/mol. The zero-order valence-electron chi connectivity index (χ0n) is 9.95. The lowest BCUT2D eigenvalue weighted by molar-refractivity contribution is 0.689. The second-order valence-corrected chi connectivity index (χ2v) is 5.01. The summed E-state index contributed by atoms with van der Waals surface area (Å²) in [7, 11) is 1.97. The average molecular weight is 235 g/mol. The predicted molar refractivity (Wildman–Crippen MR) is 67.5 cm³/mol. The molecule has 0 fully saturated rings. The predicted octanol–water partition coefficient (Wildman–Crippen LogP) is 2.39. The highest BCUT2D eigenvalue weighted by molar-refractivity contribution is 7.10. The Morgan fingerprint density at radius 1 is 1.38 bits per heavy atom. The fraction of sp³-hybridized carbons (Fsp3) is 0.417. The molecule has 16 heavy (non-hydrogen) atoms. The summed E-state index contributed by atoms with van der Waals surface area (Å²) in [6.45, 7) is 6.08. The molecule has 0 amide bonds. The Morgan fingerprint density at radius 3 is 2.75 bits per heavy atom. The number of rotatable bonds is 4. The second kappa shape index (κ2) is 4.80. The molecule has 0 unspecified atom stereocenters. The van der Waals surface area contributed by atoms with Gasteiger partial charge >= 0.3 is 0 Å². The molecule has 2 heterocycles. The summed E-state index contributed by atoms with van der Waals surface area (Å²) in [4.78, 5) is 1.42. The Kier molecular flexibility index (Phi) is 3.41. The Labute approximate surface area is 100 Å². The fourth-order valence-corrected chi connectivity index (χ4v) is 2.49. The van der Waals surface area contributed by atoms with Gasteiger partial charge in [0.1, 0.15) is 0 Å². The molecule has 0 aliphatic rings. The molecule has 2 aromatic rings. The third-order valence-corrected chi connectivity index (χ3v) is 3.93. The van der Waals surface area contributed by atoms with E-state index in [1.165, 1.54) is 21.7 Å². The van der Waals surface area contributed by atoms with Crippen molar-refractivity contribution in [2.45, 2.75) is 26.9 Å². The van der Waals surface area contributed by atoms with Gasteiger partial charge in [0.05, 0.1) is 6.20 Å². The van der Waals surface area contributed by atoms with Crippen molar-refractivity contribution in [1.29, 1.82) is 0 Å². The number of aromatic nitrogens is 2. The van der Waals surface area contributed by atoms with Crippen molar-refractivity contribution in [3.05, 3.63) is 39.3 Å². The smallest absolute Gasteiger partial charge is 0.0537 e. The van der Waals surface area contributed by atoms with Gasteiger partial charge in [0.15, 0.2) is 0 Å². The zero-order chi connectivity index (χ0) is 11.5. The third-order valence-electron chi connectivity index (χ3n) is 2.91. The van der Waals surface area contributed by atoms with Crippen molar-refractivity contribution in [3.8, 4) is 0 Å². The van der Waals surface area contributed by atoms with Crippen LogP contribution in [0.2, 0.25) is 0 Å². The Balaban J connectivity index is 1.89. The largest absolute Gasteiger partial charge is 0.308 e. The first-order chi connectivity index (χ1) is 7.68. The first-order valence-electron chi connectivity index (χ1n) is 5.39. The Bertz CT molecular complexity index is 470. The van der Waals surface area contributed by atoms with Crippen LogP contribution in [0.4, 0.5) is 0 Å². The Hall–Kier alpha value is -1.13. The van der Waals surface area contributed by atoms with Gasteiger partial charge in [-0.25, -0.2) is 0 Å². The van der Waals surface area contributed by atoms with E-state index < -0.39 is 0 Å². The van der Waals surface area contributed by atoms with Crippen LogP contribution < -0.4 is 5.32 Å². The zero-order valence-corrected chi connectivity index (χ0v) is 10.8. The van der Waals surface area contributed by atoms with Gasteiger partial charge in [0.25, 0.3) is 0 Å². The van der Waals surface area contributed by atoms with Gasteiger partial charge < -0.3 is 5.32 Å². The van der Waals surface area contributed by atoms with Crippen molar-refractivity contribution in [2.24, 2.45) is 7.05 Å². The second-order valence-electron chi connectivity index (χ2n) is 4.01. The molecule has 0 aliphatic carbocycles. The molecular formula is C12H17N3S. The van der Waals surface area contributed by atoms with Gasteiger partial charge in [-0.05, 0) is 30.9 Å². The van der Waals surface area contributed by atoms with E-state index in [2.05, 4.69) is 35.7 Å². The normalized spacial score (nSPS) is 10.9. The highest BCUT2D eigenvalue weighted by Gasteiger charge is 2.04. The number of nitrogens with zero attached hydrogens (tertiary/aromatic N) is 2. The summed E-state index contributed by atoms with van der Waals surface area (Å²) in [6.07, 6.45) is 1.93. The maximum atomic E-state index is 4.23. The van der Waals surface area contributed by atoms with Crippen molar-refractivity contribution in [2.75, 3.05) is 0 Å². The quantitative estimate of drug-likeness (QED) is 0.882. The highest BCUT2D eigenvalue weighted by atomic mass is 32.1. The number of hydrogen-bond donors (Lipinski definition) is 1. The van der Waals surface area contributed by atoms with Crippen LogP contribution in [0.15, 0.2) is 17.6 Å². The molecule has 0 saturated carbocycles. The number of thiophene rings is 1. The SMILES string of the molecule is Cc1ccsc1CNCc1cnn(C)c1C. The van der Waals surface area contributed by atoms with Gasteiger partial charge in [0.2, 0.25) is 0 Å². The summed E-state index contributed by atoms with van der Waals surface area (Å²) in [5, 5.41) is 9.83. The number of nitrogens with one attached hydrogen (secondary N) is 1. The van der Waals surface area contributed by atoms with E-state index in [4.69, 9.17) is 0 Å². The summed E-state index contributed by atoms with van der Waals surface area (Å²) < 4.78 is 1.91. The van der Waals surface area contributed by atoms with Gasteiger partial charge in [0, 0.05) is 36.3 Å². The minimum atomic E-state index is 0.886. The van der Waals surface area contributed by atoms with Crippen molar-refractivity contribution >= 4 is 11.3 Å². The molecule has 4 heteroatoms. The lowest BCUT2D eigenvalue weighted by Gasteiger charge is -2.04. The van der Waals surface area contributed by atoms with E-state index in [0.29, 0.717) is 0 Å². The van der Waals surface area contributed by atoms with E-state index in [1.54, 1.807) is 0 Å². The number of aryl methyl sites for hydroxylation is 2. The molecule has 0 saturated heterocycles. The molecule has 2 rings (SSSR count). The first-order valence-corrected chi connectivity index (χ1v) is 6.27. The van der Waals surface area contributed by atoms with E-state index in [0.717, 1.165) is 13.1 Å². The molecular weight excluding hydrogens is 218 g/mol. The summed E-state index contributed by atoms with van der Waals surface area (Å²) in [5.74, 6) is 0. The van der Waals surface area contributed by atoms with Gasteiger partial charge in [-0.15, -0.1) is 11.3 Å². The third kappa shape index (κ3) is 2.33. The van der Waals surface area contributed by atoms with E-state index >= 15 is 0 Å². The lowest BCUT2D eigenvalue weighted by atomic mass is 10.2. The minimum Gasteiger partial charge on any atom is -0.308 e. The fourth-order valence-electron chi connectivity index (χ4n) is 1.61. The standard InChI is InChI=1S/C12H17N3S/c1-9-4-5-16-12(9)8-13-6-11-7-14-15(3)10(11)2/h4-5,7,13H,6,8H2,1-3H3. The van der Waals surface area contributed by atoms with E-state index in [-0.39, 0.29) is 0 Å². The lowest BCUT2D eigenvalue weighted by Crippen LogP contribution is -2.12. The van der Waals surface area contributed by atoms with Crippen LogP contribution >= 0.6 is 11.3 Å². The van der Waals surface area contributed by atoms with Crippen LogP contribution in [0.25, 0.3) is 0 Å². The van der Waals surface area contributed by atoms with Crippen molar-refractivity contribution in [1.82, 2.24) is 15.1 Å². The van der Waals surface area contributed by atoms with Gasteiger partial charge in [-0.1, -0.05) is 0 Å². The average Bonchev–Trinajstić information content (AvgIpc) is 2.80. The van der Waals surface area contributed by atoms with Crippen LogP contribution in [-0.2, 0) is 20.1 Å². The molecule has 1 N–H and O–H groups in total. The molecule has 3 nitrogen and oxygen atoms in total. The molecule has 0 atom stereocenters. The van der Waals surface area contributed by atoms with Crippen LogP contribution in [0, 0.1) is 13.8 Å². The Morgan fingerprint density at radius 2 is 2.19 bits per heavy atom. The molecule has 86 valence electrons. The maximum absolute atomic E-state index is 4.23. The molecule has 0 spiro atoms. The summed E-state index contributed by atoms with van der Waals surface area (Å²) >= 11 is 1.81. The van der Waals surface area contributed by atoms with Crippen LogP contribution in [0.3, 0.4) is 0 Å². The van der Waals surface area contributed by atoms with Crippen LogP contribution in [0.1, 0.15) is 21.7 Å². The van der Waals surface area contributed by atoms with Crippen molar-refractivity contribution < 1.29 is 0 Å². The van der Waals surface area contributed by atoms with E-state index in [1.807, 2.05) is 29.3 Å². The minimum absolute atomic E-state index is 0.886. The molecule has 2 aromatic heterocycles. The van der Waals surface area contributed by atoms with Crippen molar-refractivity contribution in [3.63, 3.8) is 0 Å². The topological polar surface area (TPSA) is 29.9 Å². The highest BCUT2D eigenvalue weighted by Crippen LogP contribution is 2.15. The molecule has 0 aliphatic heterocycles. The van der Waals surface area contributed by atoms with Gasteiger partial charge in [-0.3, -0.25) is 4.68 Å². The van der Waals surface area contributed by atoms with Gasteiger partial charge in [-0.2, -0.15) is 5.10 Å². The number of hydrogen-bond acceptors (Lipinski definition) is 3. The molecule has 0 radical (unpaired) electrons.